The van der Waals surface area contributed by atoms with E-state index in [0.717, 1.165) is 39.9 Å². The Kier molecular flexibility index (Phi) is 7.43. The van der Waals surface area contributed by atoms with Crippen molar-refractivity contribution in [1.82, 2.24) is 39.0 Å². The van der Waals surface area contributed by atoms with Crippen LogP contribution in [0.15, 0.2) is 28.6 Å². The van der Waals surface area contributed by atoms with Crippen LogP contribution in [0.25, 0.3) is 22.3 Å². The van der Waals surface area contributed by atoms with E-state index in [1.54, 1.807) is 0 Å². The summed E-state index contributed by atoms with van der Waals surface area (Å²) in [5, 5.41) is 30.7. The number of nitrogen functional groups attached to an aromatic ring is 1. The van der Waals surface area contributed by atoms with E-state index >= 15 is 4.39 Å². The van der Waals surface area contributed by atoms with Crippen molar-refractivity contribution >= 4 is 59.1 Å². The number of aliphatic hydroxyl groups is 3. The van der Waals surface area contributed by atoms with Crippen molar-refractivity contribution in [3.8, 4) is 0 Å². The predicted octanol–water partition coefficient (Wildman–Crippen LogP) is -1.38. The number of thiol groups is 1. The van der Waals surface area contributed by atoms with Crippen molar-refractivity contribution < 1.29 is 38.1 Å². The molecule has 2 aliphatic heterocycles. The maximum Gasteiger partial charge on any atom is 0.388 e. The average Bonchev–Trinajstić information content (AvgIpc) is 3.70. The highest BCUT2D eigenvalue weighted by molar-refractivity contribution is 8.44. The number of hydrogen-bond donors (Lipinski definition) is 7. The lowest BCUT2D eigenvalue weighted by Crippen LogP contribution is -2.48. The summed E-state index contributed by atoms with van der Waals surface area (Å²) in [6, 6.07) is 0. The number of fused-ring (bicyclic) bond motifs is 2. The number of hydrogen-bond acceptors (Lipinski definition) is 15. The van der Waals surface area contributed by atoms with Gasteiger partial charge in [0.25, 0.3) is 11.1 Å². The monoisotopic (exact) mass is 647 g/mol. The SMILES string of the molecule is Nc1nc2c(ncn2[C@]2(O[P@](=O)(S)OC[C@H]3O[C@@H](n4cnc5c(=O)[nH]cnc54)[C@@H](F)[C@@H]3O)CS[C@H](CO)[C@H]2O)c(=O)[nH]1. The normalized spacial score (nSPS) is 31.3. The van der Waals surface area contributed by atoms with Gasteiger partial charge >= 0.3 is 6.80 Å². The number of ether oxygens (including phenoxy) is 1. The summed E-state index contributed by atoms with van der Waals surface area (Å²) in [6.45, 7) is -5.66. The molecular formula is C20H23FN9O9PS2. The second kappa shape index (κ2) is 10.7. The first kappa shape index (κ1) is 29.2. The number of aromatic amines is 2. The molecule has 22 heteroatoms. The summed E-state index contributed by atoms with van der Waals surface area (Å²) in [5.41, 5.74) is 2.17. The van der Waals surface area contributed by atoms with Gasteiger partial charge < -0.3 is 30.8 Å². The Morgan fingerprint density at radius 3 is 2.71 bits per heavy atom. The Labute approximate surface area is 242 Å². The summed E-state index contributed by atoms with van der Waals surface area (Å²) >= 11 is 5.11. The summed E-state index contributed by atoms with van der Waals surface area (Å²) < 4.78 is 47.8. The smallest absolute Gasteiger partial charge is 0.388 e. The molecule has 0 saturated carbocycles. The van der Waals surface area contributed by atoms with Crippen LogP contribution < -0.4 is 16.9 Å². The number of alkyl halides is 1. The van der Waals surface area contributed by atoms with Crippen molar-refractivity contribution in [3.63, 3.8) is 0 Å². The molecule has 4 aromatic rings. The van der Waals surface area contributed by atoms with Crippen molar-refractivity contribution in [3.05, 3.63) is 39.7 Å². The zero-order chi connectivity index (χ0) is 30.0. The molecule has 6 rings (SSSR count). The van der Waals surface area contributed by atoms with Gasteiger partial charge in [0, 0.05) is 5.75 Å². The zero-order valence-corrected chi connectivity index (χ0v) is 23.7. The van der Waals surface area contributed by atoms with Crippen LogP contribution in [0.2, 0.25) is 0 Å². The number of rotatable bonds is 8. The van der Waals surface area contributed by atoms with Gasteiger partial charge in [0.2, 0.25) is 5.95 Å². The molecule has 0 unspecified atom stereocenters. The molecule has 0 bridgehead atoms. The Hall–Kier alpha value is -2.88. The fraction of sp³-hybridized carbons (Fsp3) is 0.500. The topological polar surface area (TPSA) is 259 Å². The Morgan fingerprint density at radius 1 is 1.24 bits per heavy atom. The lowest BCUT2D eigenvalue weighted by atomic mass is 10.1. The number of H-pyrrole nitrogens is 2. The first-order valence-electron chi connectivity index (χ1n) is 12.2. The first-order valence-corrected chi connectivity index (χ1v) is 15.9. The third-order valence-corrected chi connectivity index (χ3v) is 9.97. The van der Waals surface area contributed by atoms with E-state index in [2.05, 4.69) is 42.2 Å². The molecule has 0 aromatic carbocycles. The highest BCUT2D eigenvalue weighted by atomic mass is 32.7. The van der Waals surface area contributed by atoms with E-state index in [9.17, 15) is 29.5 Å². The minimum atomic E-state index is -4.49. The van der Waals surface area contributed by atoms with E-state index in [1.807, 2.05) is 0 Å². The van der Waals surface area contributed by atoms with Crippen LogP contribution in [0.5, 0.6) is 0 Å². The molecule has 0 aliphatic carbocycles. The second-order valence-corrected chi connectivity index (χ2v) is 13.5. The molecule has 42 heavy (non-hydrogen) atoms. The van der Waals surface area contributed by atoms with Crippen molar-refractivity contribution in [2.24, 2.45) is 0 Å². The van der Waals surface area contributed by atoms with Crippen LogP contribution in [-0.4, -0.2) is 103 Å². The van der Waals surface area contributed by atoms with Gasteiger partial charge in [-0.2, -0.15) is 4.98 Å². The fourth-order valence-electron chi connectivity index (χ4n) is 4.89. The van der Waals surface area contributed by atoms with Crippen LogP contribution in [0.3, 0.4) is 0 Å². The van der Waals surface area contributed by atoms with Gasteiger partial charge in [-0.3, -0.25) is 32.8 Å². The lowest BCUT2D eigenvalue weighted by Gasteiger charge is -2.35. The van der Waals surface area contributed by atoms with E-state index < -0.39 is 72.8 Å². The van der Waals surface area contributed by atoms with Gasteiger partial charge in [0.1, 0.15) is 18.3 Å². The molecule has 18 nitrogen and oxygen atoms in total. The van der Waals surface area contributed by atoms with Gasteiger partial charge in [-0.05, 0) is 0 Å². The van der Waals surface area contributed by atoms with Gasteiger partial charge in [-0.1, -0.05) is 12.2 Å². The molecule has 0 spiro atoms. The number of aliphatic hydroxyl groups excluding tert-OH is 3. The third-order valence-electron chi connectivity index (χ3n) is 6.94. The molecule has 0 radical (unpaired) electrons. The highest BCUT2D eigenvalue weighted by Crippen LogP contribution is 2.60. The highest BCUT2D eigenvalue weighted by Gasteiger charge is 2.56. The molecule has 226 valence electrons. The number of nitrogens with zero attached hydrogens (tertiary/aromatic N) is 6. The summed E-state index contributed by atoms with van der Waals surface area (Å²) in [5.74, 6) is -0.383. The number of aromatic nitrogens is 8. The Bertz CT molecular complexity index is 1820. The second-order valence-electron chi connectivity index (χ2n) is 9.47. The number of nitrogens with two attached hydrogens (primary N) is 1. The number of thioether (sulfide) groups is 1. The minimum absolute atomic E-state index is 0.0112. The number of nitrogens with one attached hydrogen (secondary N) is 2. The number of imidazole rings is 2. The first-order chi connectivity index (χ1) is 20.0. The summed E-state index contributed by atoms with van der Waals surface area (Å²) in [6.07, 6.45) is -4.79. The standard InChI is InChI=1S/C20H23FN9O9PS2/c21-9-12(32)7(38-18(9)29-5-25-10-14(29)23-4-24-16(10)34)2-37-40(36,41)39-20(3-42-8(1-31)13(20)33)30-6-26-11-15(30)27-19(22)28-17(11)35/h4-9,12-13,18,31-33H,1-3H2,(H,36,41)(H,23,24,34)(H3,22,27,28,35)/t7-,8-,9+,12-,13-,18-,20+,40-/m1/s1. The van der Waals surface area contributed by atoms with Crippen molar-refractivity contribution in [1.29, 1.82) is 0 Å². The molecule has 2 aliphatic rings. The van der Waals surface area contributed by atoms with E-state index in [4.69, 9.17) is 19.5 Å². The van der Waals surface area contributed by atoms with Gasteiger partial charge in [-0.25, -0.2) is 23.9 Å². The molecule has 6 heterocycles. The van der Waals surface area contributed by atoms with Crippen LogP contribution in [-0.2, 0) is 24.1 Å². The molecule has 2 saturated heterocycles. The zero-order valence-electron chi connectivity index (χ0n) is 21.0. The van der Waals surface area contributed by atoms with Gasteiger partial charge in [-0.15, -0.1) is 11.8 Å². The molecule has 2 fully saturated rings. The predicted molar refractivity (Wildman–Crippen MR) is 146 cm³/mol. The maximum absolute atomic E-state index is 15.1. The quantitative estimate of drug-likeness (QED) is 0.0859. The largest absolute Gasteiger partial charge is 0.395 e. The van der Waals surface area contributed by atoms with E-state index in [0.29, 0.717) is 0 Å². The minimum Gasteiger partial charge on any atom is -0.395 e. The van der Waals surface area contributed by atoms with Crippen LogP contribution in [0.1, 0.15) is 6.23 Å². The van der Waals surface area contributed by atoms with Crippen LogP contribution >= 0.6 is 30.8 Å². The molecule has 0 amide bonds. The third kappa shape index (κ3) is 4.74. The van der Waals surface area contributed by atoms with Gasteiger partial charge in [0.05, 0.1) is 37.4 Å². The molecule has 8 atom stereocenters. The summed E-state index contributed by atoms with van der Waals surface area (Å²) in [4.78, 5) is 44.9. The Morgan fingerprint density at radius 2 is 1.98 bits per heavy atom. The number of halogens is 1. The fourth-order valence-corrected chi connectivity index (χ4v) is 7.98. The van der Waals surface area contributed by atoms with Crippen molar-refractivity contribution in [2.45, 2.75) is 41.7 Å². The van der Waals surface area contributed by atoms with Crippen LogP contribution in [0.4, 0.5) is 10.3 Å². The number of anilines is 1. The van der Waals surface area contributed by atoms with Crippen molar-refractivity contribution in [2.75, 3.05) is 24.7 Å². The van der Waals surface area contributed by atoms with Crippen LogP contribution in [0, 0.1) is 0 Å². The average molecular weight is 648 g/mol. The molecule has 7 N–H and O–H groups in total. The maximum atomic E-state index is 15.1. The van der Waals surface area contributed by atoms with E-state index in [1.165, 1.54) is 0 Å². The molecule has 4 aromatic heterocycles. The Balaban J connectivity index is 1.25. The lowest BCUT2D eigenvalue weighted by molar-refractivity contribution is -0.0973. The molecular weight excluding hydrogens is 624 g/mol. The summed E-state index contributed by atoms with van der Waals surface area (Å²) in [7, 11) is 0. The van der Waals surface area contributed by atoms with E-state index in [-0.39, 0.29) is 34.0 Å². The van der Waals surface area contributed by atoms with Gasteiger partial charge in [0.15, 0.2) is 40.5 Å².